The molecule has 126 valence electrons. The third kappa shape index (κ3) is 3.50. The van der Waals surface area contributed by atoms with Gasteiger partial charge >= 0.3 is 0 Å². The first kappa shape index (κ1) is 16.7. The molecule has 0 unspecified atom stereocenters. The van der Waals surface area contributed by atoms with Crippen molar-refractivity contribution in [3.63, 3.8) is 0 Å². The Hall–Kier alpha value is -3.20. The van der Waals surface area contributed by atoms with E-state index in [0.717, 1.165) is 11.1 Å². The zero-order chi connectivity index (χ0) is 17.8. The molecule has 0 amide bonds. The summed E-state index contributed by atoms with van der Waals surface area (Å²) in [4.78, 5) is 8.42. The molecule has 25 heavy (non-hydrogen) atoms. The first-order valence-electron chi connectivity index (χ1n) is 7.93. The summed E-state index contributed by atoms with van der Waals surface area (Å²) in [6.07, 6.45) is 3.18. The predicted octanol–water partition coefficient (Wildman–Crippen LogP) is 3.96. The van der Waals surface area contributed by atoms with E-state index in [0.29, 0.717) is 41.2 Å². The van der Waals surface area contributed by atoms with Crippen LogP contribution in [0.4, 0.5) is 10.1 Å². The number of nitriles is 1. The standard InChI is InChI=1S/C19H17FN4O/c1-3-25-17-7-13(4-5-22-17)10-23-19-14(9-21)11-24-18-12(2)6-15(20)8-16(18)19/h4-8,11H,3,10H2,1-2H3,(H,23,24). The molecule has 0 aliphatic rings. The lowest BCUT2D eigenvalue weighted by atomic mass is 10.1. The van der Waals surface area contributed by atoms with Gasteiger partial charge in [-0.2, -0.15) is 5.26 Å². The van der Waals surface area contributed by atoms with Crippen LogP contribution in [0.3, 0.4) is 0 Å². The van der Waals surface area contributed by atoms with Gasteiger partial charge in [-0.25, -0.2) is 9.37 Å². The minimum atomic E-state index is -0.354. The molecule has 0 saturated heterocycles. The fourth-order valence-corrected chi connectivity index (χ4v) is 2.69. The van der Waals surface area contributed by atoms with Gasteiger partial charge in [-0.05, 0) is 43.2 Å². The van der Waals surface area contributed by atoms with Crippen molar-refractivity contribution in [3.05, 3.63) is 59.2 Å². The Morgan fingerprint density at radius 3 is 2.88 bits per heavy atom. The van der Waals surface area contributed by atoms with Crippen molar-refractivity contribution in [2.45, 2.75) is 20.4 Å². The maximum Gasteiger partial charge on any atom is 0.213 e. The van der Waals surface area contributed by atoms with Crippen molar-refractivity contribution in [3.8, 4) is 11.9 Å². The highest BCUT2D eigenvalue weighted by atomic mass is 19.1. The van der Waals surface area contributed by atoms with Crippen molar-refractivity contribution in [1.29, 1.82) is 5.26 Å². The van der Waals surface area contributed by atoms with Gasteiger partial charge in [0.1, 0.15) is 11.9 Å². The van der Waals surface area contributed by atoms with E-state index in [1.165, 1.54) is 18.3 Å². The van der Waals surface area contributed by atoms with E-state index in [9.17, 15) is 9.65 Å². The van der Waals surface area contributed by atoms with E-state index in [4.69, 9.17) is 4.74 Å². The van der Waals surface area contributed by atoms with Crippen LogP contribution in [0.25, 0.3) is 10.9 Å². The molecule has 3 rings (SSSR count). The third-order valence-electron chi connectivity index (χ3n) is 3.81. The molecule has 1 aromatic carbocycles. The Balaban J connectivity index is 1.98. The molecule has 0 fully saturated rings. The molecule has 5 nitrogen and oxygen atoms in total. The number of nitrogens with one attached hydrogen (secondary N) is 1. The predicted molar refractivity (Wildman–Crippen MR) is 93.9 cm³/mol. The number of nitrogens with zero attached hydrogens (tertiary/aromatic N) is 3. The van der Waals surface area contributed by atoms with Gasteiger partial charge in [0.25, 0.3) is 0 Å². The SMILES string of the molecule is CCOc1cc(CNc2c(C#N)cnc3c(C)cc(F)cc23)ccn1. The molecule has 6 heteroatoms. The number of hydrogen-bond donors (Lipinski definition) is 1. The van der Waals surface area contributed by atoms with Gasteiger partial charge in [0.2, 0.25) is 5.88 Å². The zero-order valence-corrected chi connectivity index (χ0v) is 14.0. The Morgan fingerprint density at radius 1 is 1.28 bits per heavy atom. The maximum atomic E-state index is 13.9. The highest BCUT2D eigenvalue weighted by Gasteiger charge is 2.12. The van der Waals surface area contributed by atoms with Crippen LogP contribution in [-0.2, 0) is 6.54 Å². The summed E-state index contributed by atoms with van der Waals surface area (Å²) in [6, 6.07) is 8.63. The highest BCUT2D eigenvalue weighted by Crippen LogP contribution is 2.29. The molecule has 1 N–H and O–H groups in total. The molecule has 0 spiro atoms. The van der Waals surface area contributed by atoms with E-state index in [1.807, 2.05) is 19.1 Å². The second kappa shape index (κ2) is 7.14. The van der Waals surface area contributed by atoms with Crippen LogP contribution in [0.2, 0.25) is 0 Å². The number of benzene rings is 1. The van der Waals surface area contributed by atoms with Gasteiger partial charge in [-0.3, -0.25) is 4.98 Å². The monoisotopic (exact) mass is 336 g/mol. The van der Waals surface area contributed by atoms with Gasteiger partial charge in [0.05, 0.1) is 23.4 Å². The van der Waals surface area contributed by atoms with E-state index in [-0.39, 0.29) is 5.82 Å². The van der Waals surface area contributed by atoms with Gasteiger partial charge in [-0.1, -0.05) is 0 Å². The van der Waals surface area contributed by atoms with Crippen LogP contribution >= 0.6 is 0 Å². The largest absolute Gasteiger partial charge is 0.478 e. The lowest BCUT2D eigenvalue weighted by Crippen LogP contribution is -2.04. The number of pyridine rings is 2. The number of aromatic nitrogens is 2. The summed E-state index contributed by atoms with van der Waals surface area (Å²) >= 11 is 0. The molecular weight excluding hydrogens is 319 g/mol. The summed E-state index contributed by atoms with van der Waals surface area (Å²) < 4.78 is 19.2. The van der Waals surface area contributed by atoms with Crippen LogP contribution in [0, 0.1) is 24.1 Å². The number of anilines is 1. The van der Waals surface area contributed by atoms with E-state index in [1.54, 1.807) is 13.1 Å². The Morgan fingerprint density at radius 2 is 2.12 bits per heavy atom. The summed E-state index contributed by atoms with van der Waals surface area (Å²) in [5.41, 5.74) is 3.29. The highest BCUT2D eigenvalue weighted by molar-refractivity contribution is 5.95. The molecular formula is C19H17FN4O. The van der Waals surface area contributed by atoms with Gasteiger partial charge in [0, 0.05) is 30.4 Å². The number of rotatable bonds is 5. The van der Waals surface area contributed by atoms with Crippen molar-refractivity contribution in [1.82, 2.24) is 9.97 Å². The van der Waals surface area contributed by atoms with Crippen LogP contribution in [0.15, 0.2) is 36.7 Å². The Labute approximate surface area is 145 Å². The summed E-state index contributed by atoms with van der Waals surface area (Å²) in [5, 5.41) is 13.2. The van der Waals surface area contributed by atoms with E-state index in [2.05, 4.69) is 21.4 Å². The minimum absolute atomic E-state index is 0.354. The first-order chi connectivity index (χ1) is 12.1. The number of fused-ring (bicyclic) bond motifs is 1. The summed E-state index contributed by atoms with van der Waals surface area (Å²) in [5.74, 6) is 0.191. The fraction of sp³-hybridized carbons (Fsp3) is 0.211. The molecule has 0 aliphatic heterocycles. The molecule has 3 aromatic rings. The van der Waals surface area contributed by atoms with Crippen molar-refractivity contribution < 1.29 is 9.13 Å². The number of halogens is 1. The third-order valence-corrected chi connectivity index (χ3v) is 3.81. The van der Waals surface area contributed by atoms with Crippen LogP contribution < -0.4 is 10.1 Å². The van der Waals surface area contributed by atoms with Gasteiger partial charge in [-0.15, -0.1) is 0 Å². The molecule has 0 aliphatic carbocycles. The molecule has 2 heterocycles. The normalized spacial score (nSPS) is 10.5. The number of ether oxygens (including phenoxy) is 1. The molecule has 0 radical (unpaired) electrons. The number of hydrogen-bond acceptors (Lipinski definition) is 5. The second-order valence-electron chi connectivity index (χ2n) is 5.57. The second-order valence-corrected chi connectivity index (χ2v) is 5.57. The number of aryl methyl sites for hydroxylation is 1. The van der Waals surface area contributed by atoms with Gasteiger partial charge in [0.15, 0.2) is 0 Å². The first-order valence-corrected chi connectivity index (χ1v) is 7.93. The Bertz CT molecular complexity index is 966. The van der Waals surface area contributed by atoms with Crippen LogP contribution in [0.1, 0.15) is 23.6 Å². The van der Waals surface area contributed by atoms with E-state index < -0.39 is 0 Å². The quantitative estimate of drug-likeness (QED) is 0.763. The zero-order valence-electron chi connectivity index (χ0n) is 14.0. The van der Waals surface area contributed by atoms with E-state index >= 15 is 0 Å². The lowest BCUT2D eigenvalue weighted by molar-refractivity contribution is 0.326. The molecule has 0 saturated carbocycles. The van der Waals surface area contributed by atoms with Crippen molar-refractivity contribution >= 4 is 16.6 Å². The molecule has 0 bridgehead atoms. The molecule has 0 atom stereocenters. The topological polar surface area (TPSA) is 70.8 Å². The smallest absolute Gasteiger partial charge is 0.213 e. The average Bonchev–Trinajstić information content (AvgIpc) is 2.60. The fourth-order valence-electron chi connectivity index (χ4n) is 2.69. The minimum Gasteiger partial charge on any atom is -0.478 e. The average molecular weight is 336 g/mol. The van der Waals surface area contributed by atoms with Crippen molar-refractivity contribution in [2.75, 3.05) is 11.9 Å². The Kier molecular flexibility index (Phi) is 4.75. The lowest BCUT2D eigenvalue weighted by Gasteiger charge is -2.13. The van der Waals surface area contributed by atoms with Gasteiger partial charge < -0.3 is 10.1 Å². The summed E-state index contributed by atoms with van der Waals surface area (Å²) in [7, 11) is 0. The van der Waals surface area contributed by atoms with Crippen LogP contribution in [0.5, 0.6) is 5.88 Å². The molecule has 2 aromatic heterocycles. The van der Waals surface area contributed by atoms with Crippen LogP contribution in [-0.4, -0.2) is 16.6 Å². The maximum absolute atomic E-state index is 13.9. The van der Waals surface area contributed by atoms with Crippen molar-refractivity contribution in [2.24, 2.45) is 0 Å². The summed E-state index contributed by atoms with van der Waals surface area (Å²) in [6.45, 7) is 4.68.